The van der Waals surface area contributed by atoms with E-state index >= 15 is 0 Å². The summed E-state index contributed by atoms with van der Waals surface area (Å²) in [6, 6.07) is 4.56. The van der Waals surface area contributed by atoms with Crippen LogP contribution in [0.15, 0.2) is 12.1 Å². The minimum Gasteiger partial charge on any atom is -0.318 e. The van der Waals surface area contributed by atoms with Gasteiger partial charge in [0.05, 0.1) is 0 Å². The molecule has 1 rings (SSSR count). The quantitative estimate of drug-likeness (QED) is 0.809. The second-order valence-corrected chi connectivity index (χ2v) is 5.97. The van der Waals surface area contributed by atoms with Gasteiger partial charge in [-0.1, -0.05) is 17.7 Å². The van der Waals surface area contributed by atoms with Gasteiger partial charge in [0.25, 0.3) is 0 Å². The van der Waals surface area contributed by atoms with Crippen molar-refractivity contribution in [3.63, 3.8) is 0 Å². The molecular weight excluding hydrogens is 220 g/mol. The fraction of sp³-hybridized carbons (Fsp3) is 0.625. The number of likely N-dealkylation sites (N-methyl/N-ethyl adjacent to an activating group) is 1. The highest BCUT2D eigenvalue weighted by Gasteiger charge is 2.15. The van der Waals surface area contributed by atoms with Crippen molar-refractivity contribution in [2.75, 3.05) is 20.1 Å². The molecule has 1 aromatic carbocycles. The third-order valence-electron chi connectivity index (χ3n) is 3.44. The number of benzene rings is 1. The maximum atomic E-state index is 3.61. The first-order chi connectivity index (χ1) is 8.35. The van der Waals surface area contributed by atoms with E-state index in [0.29, 0.717) is 0 Å². The van der Waals surface area contributed by atoms with Crippen molar-refractivity contribution in [3.8, 4) is 0 Å². The minimum atomic E-state index is 0.154. The molecule has 0 saturated carbocycles. The van der Waals surface area contributed by atoms with Gasteiger partial charge in [-0.3, -0.25) is 0 Å². The predicted molar refractivity (Wildman–Crippen MR) is 80.4 cm³/mol. The molecule has 0 aliphatic rings. The van der Waals surface area contributed by atoms with Crippen molar-refractivity contribution in [1.82, 2.24) is 10.6 Å². The number of hydrogen-bond acceptors (Lipinski definition) is 2. The van der Waals surface area contributed by atoms with Crippen LogP contribution in [0.4, 0.5) is 0 Å². The van der Waals surface area contributed by atoms with Crippen LogP contribution in [0.1, 0.15) is 36.1 Å². The lowest BCUT2D eigenvalue weighted by molar-refractivity contribution is 0.378. The van der Waals surface area contributed by atoms with Gasteiger partial charge in [-0.2, -0.15) is 0 Å². The Morgan fingerprint density at radius 3 is 2.11 bits per heavy atom. The monoisotopic (exact) mass is 248 g/mol. The van der Waals surface area contributed by atoms with Crippen molar-refractivity contribution in [3.05, 3.63) is 34.4 Å². The summed E-state index contributed by atoms with van der Waals surface area (Å²) in [5.41, 5.74) is 5.84. The number of rotatable bonds is 6. The van der Waals surface area contributed by atoms with E-state index in [2.05, 4.69) is 57.4 Å². The summed E-state index contributed by atoms with van der Waals surface area (Å²) >= 11 is 0. The summed E-state index contributed by atoms with van der Waals surface area (Å²) < 4.78 is 0. The maximum Gasteiger partial charge on any atom is 0.0249 e. The summed E-state index contributed by atoms with van der Waals surface area (Å²) in [7, 11) is 2.00. The van der Waals surface area contributed by atoms with Gasteiger partial charge in [0, 0.05) is 12.1 Å². The van der Waals surface area contributed by atoms with Crippen LogP contribution in [0.25, 0.3) is 0 Å². The van der Waals surface area contributed by atoms with E-state index in [1.807, 2.05) is 7.05 Å². The Morgan fingerprint density at radius 2 is 1.61 bits per heavy atom. The van der Waals surface area contributed by atoms with Crippen LogP contribution in [-0.4, -0.2) is 25.7 Å². The van der Waals surface area contributed by atoms with E-state index in [-0.39, 0.29) is 5.54 Å². The molecule has 0 saturated heterocycles. The second-order valence-electron chi connectivity index (χ2n) is 5.97. The standard InChI is InChI=1S/C16H28N2/c1-12-9-13(2)15(14(3)10-12)7-8-18-16(4,5)11-17-6/h9-10,17-18H,7-8,11H2,1-6H3. The van der Waals surface area contributed by atoms with Gasteiger partial charge < -0.3 is 10.6 Å². The zero-order valence-electron chi connectivity index (χ0n) is 12.8. The molecule has 0 bridgehead atoms. The molecule has 2 heteroatoms. The highest BCUT2D eigenvalue weighted by Crippen LogP contribution is 2.16. The van der Waals surface area contributed by atoms with Crippen molar-refractivity contribution < 1.29 is 0 Å². The first-order valence-electron chi connectivity index (χ1n) is 6.82. The van der Waals surface area contributed by atoms with Crippen molar-refractivity contribution >= 4 is 0 Å². The smallest absolute Gasteiger partial charge is 0.0249 e. The number of aryl methyl sites for hydroxylation is 3. The van der Waals surface area contributed by atoms with Crippen molar-refractivity contribution in [1.29, 1.82) is 0 Å². The Morgan fingerprint density at radius 1 is 1.06 bits per heavy atom. The Hall–Kier alpha value is -0.860. The fourth-order valence-electron chi connectivity index (χ4n) is 2.63. The first-order valence-corrected chi connectivity index (χ1v) is 6.82. The van der Waals surface area contributed by atoms with Gasteiger partial charge in [0.1, 0.15) is 0 Å². The van der Waals surface area contributed by atoms with Crippen LogP contribution in [-0.2, 0) is 6.42 Å². The summed E-state index contributed by atoms with van der Waals surface area (Å²) in [6.45, 7) is 13.1. The molecule has 102 valence electrons. The average molecular weight is 248 g/mol. The fourth-order valence-corrected chi connectivity index (χ4v) is 2.63. The lowest BCUT2D eigenvalue weighted by Crippen LogP contribution is -2.47. The van der Waals surface area contributed by atoms with E-state index in [4.69, 9.17) is 0 Å². The van der Waals surface area contributed by atoms with E-state index in [9.17, 15) is 0 Å². The first kappa shape index (κ1) is 15.2. The van der Waals surface area contributed by atoms with Gasteiger partial charge in [-0.25, -0.2) is 0 Å². The molecule has 0 aliphatic heterocycles. The van der Waals surface area contributed by atoms with Gasteiger partial charge in [-0.05, 0) is 71.3 Å². The van der Waals surface area contributed by atoms with Crippen LogP contribution in [0.2, 0.25) is 0 Å². The molecule has 0 atom stereocenters. The molecule has 18 heavy (non-hydrogen) atoms. The molecule has 2 nitrogen and oxygen atoms in total. The Bertz CT molecular complexity index is 371. The molecule has 0 aromatic heterocycles. The lowest BCUT2D eigenvalue weighted by atomic mass is 9.97. The highest BCUT2D eigenvalue weighted by molar-refractivity contribution is 5.37. The predicted octanol–water partition coefficient (Wildman–Crippen LogP) is 2.74. The minimum absolute atomic E-state index is 0.154. The van der Waals surface area contributed by atoms with E-state index in [1.54, 1.807) is 0 Å². The Balaban J connectivity index is 2.59. The van der Waals surface area contributed by atoms with Crippen molar-refractivity contribution in [2.45, 2.75) is 46.6 Å². The van der Waals surface area contributed by atoms with Crippen LogP contribution < -0.4 is 10.6 Å². The number of nitrogens with one attached hydrogen (secondary N) is 2. The summed E-state index contributed by atoms with van der Waals surface area (Å²) in [4.78, 5) is 0. The van der Waals surface area contributed by atoms with E-state index in [0.717, 1.165) is 19.5 Å². The van der Waals surface area contributed by atoms with Crippen molar-refractivity contribution in [2.24, 2.45) is 0 Å². The highest BCUT2D eigenvalue weighted by atomic mass is 15.0. The van der Waals surface area contributed by atoms with Gasteiger partial charge in [-0.15, -0.1) is 0 Å². The normalized spacial score (nSPS) is 11.9. The zero-order valence-corrected chi connectivity index (χ0v) is 12.8. The summed E-state index contributed by atoms with van der Waals surface area (Å²) in [6.07, 6.45) is 1.10. The molecule has 0 spiro atoms. The van der Waals surface area contributed by atoms with Gasteiger partial charge >= 0.3 is 0 Å². The van der Waals surface area contributed by atoms with Crippen LogP contribution >= 0.6 is 0 Å². The summed E-state index contributed by atoms with van der Waals surface area (Å²) in [5, 5.41) is 6.84. The van der Waals surface area contributed by atoms with Gasteiger partial charge in [0.2, 0.25) is 0 Å². The molecule has 0 unspecified atom stereocenters. The Kier molecular flexibility index (Phi) is 5.36. The largest absolute Gasteiger partial charge is 0.318 e. The average Bonchev–Trinajstić information content (AvgIpc) is 2.21. The maximum absolute atomic E-state index is 3.61. The third kappa shape index (κ3) is 4.43. The molecule has 0 aliphatic carbocycles. The Labute approximate surface area is 112 Å². The van der Waals surface area contributed by atoms with Crippen LogP contribution in [0, 0.1) is 20.8 Å². The molecule has 1 aromatic rings. The van der Waals surface area contributed by atoms with E-state index < -0.39 is 0 Å². The lowest BCUT2D eigenvalue weighted by Gasteiger charge is -2.26. The molecule has 0 heterocycles. The SMILES string of the molecule is CNCC(C)(C)NCCc1c(C)cc(C)cc1C. The van der Waals surface area contributed by atoms with Crippen LogP contribution in [0.5, 0.6) is 0 Å². The second kappa shape index (κ2) is 6.35. The molecule has 2 N–H and O–H groups in total. The number of hydrogen-bond donors (Lipinski definition) is 2. The molecule has 0 fully saturated rings. The van der Waals surface area contributed by atoms with Crippen LogP contribution in [0.3, 0.4) is 0 Å². The topological polar surface area (TPSA) is 24.1 Å². The van der Waals surface area contributed by atoms with Gasteiger partial charge in [0.15, 0.2) is 0 Å². The van der Waals surface area contributed by atoms with E-state index in [1.165, 1.54) is 22.3 Å². The molecule has 0 radical (unpaired) electrons. The third-order valence-corrected chi connectivity index (χ3v) is 3.44. The summed E-state index contributed by atoms with van der Waals surface area (Å²) in [5.74, 6) is 0. The molecular formula is C16H28N2. The molecule has 0 amide bonds. The zero-order chi connectivity index (χ0) is 13.8.